The Hall–Kier alpha value is -3.27. The Morgan fingerprint density at radius 3 is 2.74 bits per heavy atom. The van der Waals surface area contributed by atoms with Gasteiger partial charge in [-0.2, -0.15) is 0 Å². The number of rotatable bonds is 6. The van der Waals surface area contributed by atoms with Gasteiger partial charge in [0.2, 0.25) is 5.91 Å². The van der Waals surface area contributed by atoms with Gasteiger partial charge in [-0.25, -0.2) is 13.6 Å². The number of nitrogens with zero attached hydrogens (tertiary/aromatic N) is 2. The lowest BCUT2D eigenvalue weighted by molar-refractivity contribution is -0.130. The molecule has 1 saturated heterocycles. The zero-order valence-corrected chi connectivity index (χ0v) is 19.6. The normalized spacial score (nSPS) is 17.9. The lowest BCUT2D eigenvalue weighted by Gasteiger charge is -2.24. The summed E-state index contributed by atoms with van der Waals surface area (Å²) in [6.07, 6.45) is 2.61. The molecule has 0 bridgehead atoms. The highest BCUT2D eigenvalue weighted by atomic mass is 19.2. The van der Waals surface area contributed by atoms with Crippen LogP contribution in [0.4, 0.5) is 8.78 Å². The van der Waals surface area contributed by atoms with Gasteiger partial charge < -0.3 is 23.7 Å². The van der Waals surface area contributed by atoms with E-state index in [0.717, 1.165) is 25.3 Å². The monoisotopic (exact) mass is 490 g/mol. The summed E-state index contributed by atoms with van der Waals surface area (Å²) in [6.45, 7) is 1.36. The second kappa shape index (κ2) is 11.0. The summed E-state index contributed by atoms with van der Waals surface area (Å²) >= 11 is 0. The van der Waals surface area contributed by atoms with E-state index in [0.29, 0.717) is 12.3 Å². The van der Waals surface area contributed by atoms with Gasteiger partial charge >= 0.3 is 5.97 Å². The largest absolute Gasteiger partial charge is 0.490 e. The molecule has 1 aromatic heterocycles. The van der Waals surface area contributed by atoms with Crippen LogP contribution in [0.5, 0.6) is 5.75 Å². The summed E-state index contributed by atoms with van der Waals surface area (Å²) in [7, 11) is 1.25. The van der Waals surface area contributed by atoms with Crippen molar-refractivity contribution in [2.24, 2.45) is 0 Å². The van der Waals surface area contributed by atoms with Crippen LogP contribution in [-0.4, -0.2) is 60.9 Å². The third kappa shape index (κ3) is 5.53. The molecule has 0 radical (unpaired) electrons. The van der Waals surface area contributed by atoms with Crippen molar-refractivity contribution in [3.8, 4) is 5.75 Å². The van der Waals surface area contributed by atoms with Crippen LogP contribution in [0.2, 0.25) is 0 Å². The van der Waals surface area contributed by atoms with Gasteiger partial charge in [-0.15, -0.1) is 0 Å². The second-order valence-electron chi connectivity index (χ2n) is 8.63. The number of benzene rings is 1. The smallest absolute Gasteiger partial charge is 0.343 e. The van der Waals surface area contributed by atoms with Crippen molar-refractivity contribution in [1.29, 1.82) is 0 Å². The van der Waals surface area contributed by atoms with E-state index in [1.807, 2.05) is 0 Å². The molecular weight excluding hydrogens is 462 g/mol. The van der Waals surface area contributed by atoms with E-state index in [9.17, 15) is 23.2 Å². The average molecular weight is 491 g/mol. The van der Waals surface area contributed by atoms with Crippen molar-refractivity contribution in [3.63, 3.8) is 0 Å². The van der Waals surface area contributed by atoms with E-state index in [4.69, 9.17) is 14.2 Å². The van der Waals surface area contributed by atoms with Gasteiger partial charge in [0.05, 0.1) is 19.6 Å². The maximum atomic E-state index is 14.0. The number of esters is 1. The Morgan fingerprint density at radius 1 is 1.17 bits per heavy atom. The lowest BCUT2D eigenvalue weighted by atomic mass is 10.1. The molecule has 1 fully saturated rings. The number of hydrogen-bond donors (Lipinski definition) is 0. The minimum Gasteiger partial charge on any atom is -0.490 e. The summed E-state index contributed by atoms with van der Waals surface area (Å²) in [4.78, 5) is 39.9. The molecule has 0 saturated carbocycles. The quantitative estimate of drug-likeness (QED) is 0.579. The van der Waals surface area contributed by atoms with Crippen LogP contribution in [0.25, 0.3) is 0 Å². The summed E-state index contributed by atoms with van der Waals surface area (Å²) in [6, 6.07) is 4.97. The Kier molecular flexibility index (Phi) is 7.80. The number of halogens is 2. The molecular formula is C25H28F2N2O6. The van der Waals surface area contributed by atoms with Gasteiger partial charge in [-0.3, -0.25) is 9.59 Å². The first-order chi connectivity index (χ1) is 16.9. The molecule has 35 heavy (non-hydrogen) atoms. The predicted octanol–water partition coefficient (Wildman–Crippen LogP) is 2.49. The van der Waals surface area contributed by atoms with Gasteiger partial charge in [0.25, 0.3) is 5.56 Å². The number of pyridine rings is 1. The highest BCUT2D eigenvalue weighted by Gasteiger charge is 2.28. The highest BCUT2D eigenvalue weighted by molar-refractivity contribution is 5.93. The predicted molar refractivity (Wildman–Crippen MR) is 121 cm³/mol. The Labute approximate surface area is 201 Å². The zero-order chi connectivity index (χ0) is 24.9. The van der Waals surface area contributed by atoms with Crippen LogP contribution in [0.1, 0.15) is 40.9 Å². The summed E-state index contributed by atoms with van der Waals surface area (Å²) in [5, 5.41) is 0. The van der Waals surface area contributed by atoms with E-state index in [1.54, 1.807) is 0 Å². The third-order valence-electron chi connectivity index (χ3n) is 6.41. The molecule has 3 heterocycles. The van der Waals surface area contributed by atoms with E-state index in [1.165, 1.54) is 34.8 Å². The van der Waals surface area contributed by atoms with E-state index >= 15 is 0 Å². The summed E-state index contributed by atoms with van der Waals surface area (Å²) in [5.74, 6) is -2.98. The molecule has 188 valence electrons. The number of amides is 1. The average Bonchev–Trinajstić information content (AvgIpc) is 3.09. The molecule has 1 amide bonds. The van der Waals surface area contributed by atoms with Crippen molar-refractivity contribution in [2.75, 3.05) is 33.4 Å². The van der Waals surface area contributed by atoms with Gasteiger partial charge in [0, 0.05) is 50.0 Å². The van der Waals surface area contributed by atoms with E-state index in [2.05, 4.69) is 0 Å². The van der Waals surface area contributed by atoms with Gasteiger partial charge in [0.1, 0.15) is 17.9 Å². The summed E-state index contributed by atoms with van der Waals surface area (Å²) < 4.78 is 45.5. The Bertz CT molecular complexity index is 1160. The van der Waals surface area contributed by atoms with E-state index in [-0.39, 0.29) is 67.6 Å². The molecule has 1 unspecified atom stereocenters. The van der Waals surface area contributed by atoms with Crippen LogP contribution in [0.15, 0.2) is 29.1 Å². The van der Waals surface area contributed by atoms with Crippen LogP contribution in [-0.2, 0) is 33.7 Å². The third-order valence-corrected chi connectivity index (χ3v) is 6.41. The van der Waals surface area contributed by atoms with Crippen molar-refractivity contribution < 1.29 is 32.6 Å². The standard InChI is InChI=1S/C25H28F2N2O6/c1-33-25(32)23-19-8-9-28(21(30)13-16-5-4-7-18(26)24(16)27)10-11-29(19)22(31)14-20(23)35-15-17-6-2-3-12-34-17/h4-5,7,14,17H,2-3,6,8-13,15H2,1H3. The minimum atomic E-state index is -1.05. The fraction of sp³-hybridized carbons (Fsp3) is 0.480. The van der Waals surface area contributed by atoms with Gasteiger partial charge in [-0.05, 0) is 25.3 Å². The fourth-order valence-electron chi connectivity index (χ4n) is 4.52. The molecule has 1 aromatic carbocycles. The SMILES string of the molecule is COC(=O)c1c(OCC2CCCCO2)cc(=O)n2c1CCN(C(=O)Cc1cccc(F)c1F)CC2. The maximum absolute atomic E-state index is 14.0. The topological polar surface area (TPSA) is 87.1 Å². The molecule has 0 spiro atoms. The number of methoxy groups -OCH3 is 1. The first kappa shape index (κ1) is 24.8. The molecule has 0 N–H and O–H groups in total. The van der Waals surface area contributed by atoms with Gasteiger partial charge in [0.15, 0.2) is 11.6 Å². The molecule has 10 heteroatoms. The number of hydrogen-bond acceptors (Lipinski definition) is 6. The van der Waals surface area contributed by atoms with Crippen molar-refractivity contribution in [2.45, 2.75) is 44.8 Å². The number of carbonyl (C=O) groups excluding carboxylic acids is 2. The molecule has 4 rings (SSSR count). The first-order valence-corrected chi connectivity index (χ1v) is 11.7. The number of aromatic nitrogens is 1. The second-order valence-corrected chi connectivity index (χ2v) is 8.63. The van der Waals surface area contributed by atoms with Crippen LogP contribution in [0.3, 0.4) is 0 Å². The number of ether oxygens (including phenoxy) is 3. The van der Waals surface area contributed by atoms with Crippen LogP contribution >= 0.6 is 0 Å². The molecule has 1 atom stereocenters. The lowest BCUT2D eigenvalue weighted by Crippen LogP contribution is -2.35. The van der Waals surface area contributed by atoms with E-state index < -0.39 is 23.5 Å². The molecule has 2 aliphatic heterocycles. The fourth-order valence-corrected chi connectivity index (χ4v) is 4.52. The van der Waals surface area contributed by atoms with Crippen LogP contribution in [0, 0.1) is 11.6 Å². The Balaban J connectivity index is 1.55. The molecule has 0 aliphatic carbocycles. The first-order valence-electron chi connectivity index (χ1n) is 11.7. The Morgan fingerprint density at radius 2 is 2.00 bits per heavy atom. The number of fused-ring (bicyclic) bond motifs is 1. The minimum absolute atomic E-state index is 0.0372. The van der Waals surface area contributed by atoms with Gasteiger partial charge in [-0.1, -0.05) is 12.1 Å². The van der Waals surface area contributed by atoms with Crippen molar-refractivity contribution >= 4 is 11.9 Å². The highest BCUT2D eigenvalue weighted by Crippen LogP contribution is 2.25. The molecule has 2 aliphatic rings. The zero-order valence-electron chi connectivity index (χ0n) is 19.6. The maximum Gasteiger partial charge on any atom is 0.343 e. The number of carbonyl (C=O) groups is 2. The summed E-state index contributed by atoms with van der Waals surface area (Å²) in [5.41, 5.74) is 0.159. The van der Waals surface area contributed by atoms with Crippen LogP contribution < -0.4 is 10.3 Å². The molecule has 8 nitrogen and oxygen atoms in total. The molecule has 2 aromatic rings. The van der Waals surface area contributed by atoms with Crippen molar-refractivity contribution in [1.82, 2.24) is 9.47 Å². The van der Waals surface area contributed by atoms with Crippen molar-refractivity contribution in [3.05, 3.63) is 63.1 Å².